The predicted molar refractivity (Wildman–Crippen MR) is 81.6 cm³/mol. The van der Waals surface area contributed by atoms with Gasteiger partial charge in [0.1, 0.15) is 0 Å². The highest BCUT2D eigenvalue weighted by atomic mass is 35.5. The van der Waals surface area contributed by atoms with Gasteiger partial charge in [0.05, 0.1) is 4.90 Å². The van der Waals surface area contributed by atoms with Gasteiger partial charge in [-0.2, -0.15) is 0 Å². The van der Waals surface area contributed by atoms with Crippen LogP contribution in [0.15, 0.2) is 29.2 Å². The number of nitrogens with zero attached hydrogens (tertiary/aromatic N) is 1. The number of benzene rings is 1. The van der Waals surface area contributed by atoms with E-state index in [2.05, 4.69) is 4.72 Å². The molecule has 0 spiro atoms. The third-order valence-electron chi connectivity index (χ3n) is 3.73. The summed E-state index contributed by atoms with van der Waals surface area (Å²) in [6, 6.07) is 6.20. The predicted octanol–water partition coefficient (Wildman–Crippen LogP) is 1.88. The van der Waals surface area contributed by atoms with Crippen LogP contribution < -0.4 is 4.72 Å². The maximum Gasteiger partial charge on any atom is 0.240 e. The minimum atomic E-state index is -3.53. The Labute approximate surface area is 130 Å². The van der Waals surface area contributed by atoms with Crippen LogP contribution in [0.1, 0.15) is 19.8 Å². The molecule has 0 radical (unpaired) electrons. The Kier molecular flexibility index (Phi) is 5.24. The number of rotatable bonds is 4. The lowest BCUT2D eigenvalue weighted by Crippen LogP contribution is -2.40. The van der Waals surface area contributed by atoms with Gasteiger partial charge < -0.3 is 4.90 Å². The van der Waals surface area contributed by atoms with Crippen molar-refractivity contribution >= 4 is 27.5 Å². The quantitative estimate of drug-likeness (QED) is 0.916. The van der Waals surface area contributed by atoms with Gasteiger partial charge in [0.2, 0.25) is 15.9 Å². The van der Waals surface area contributed by atoms with Gasteiger partial charge in [0.25, 0.3) is 0 Å². The zero-order valence-corrected chi connectivity index (χ0v) is 13.5. The zero-order valence-electron chi connectivity index (χ0n) is 11.9. The van der Waals surface area contributed by atoms with Crippen molar-refractivity contribution in [3.05, 3.63) is 29.3 Å². The van der Waals surface area contributed by atoms with Crippen LogP contribution in [0.2, 0.25) is 5.02 Å². The summed E-state index contributed by atoms with van der Waals surface area (Å²) >= 11 is 5.82. The second kappa shape index (κ2) is 6.77. The first-order chi connectivity index (χ1) is 9.88. The number of piperidine rings is 1. The van der Waals surface area contributed by atoms with E-state index in [1.165, 1.54) is 12.1 Å². The second-order valence-electron chi connectivity index (χ2n) is 5.26. The molecule has 0 aromatic heterocycles. The molecule has 0 bridgehead atoms. The Hall–Kier alpha value is -1.11. The monoisotopic (exact) mass is 330 g/mol. The van der Waals surface area contributed by atoms with E-state index < -0.39 is 10.0 Å². The molecule has 1 fully saturated rings. The van der Waals surface area contributed by atoms with Gasteiger partial charge in [-0.05, 0) is 37.0 Å². The van der Waals surface area contributed by atoms with Crippen LogP contribution in [0.4, 0.5) is 0 Å². The summed E-state index contributed by atoms with van der Waals surface area (Å²) in [5.74, 6) is 0.336. The normalized spacial score (nSPS) is 17.0. The van der Waals surface area contributed by atoms with Gasteiger partial charge in [0.15, 0.2) is 0 Å². The summed E-state index contributed by atoms with van der Waals surface area (Å²) < 4.78 is 27.0. The Morgan fingerprint density at radius 2 is 2.05 bits per heavy atom. The molecule has 1 N–H and O–H groups in total. The van der Waals surface area contributed by atoms with Gasteiger partial charge in [0, 0.05) is 31.6 Å². The molecule has 0 aliphatic carbocycles. The van der Waals surface area contributed by atoms with E-state index >= 15 is 0 Å². The van der Waals surface area contributed by atoms with E-state index in [0.717, 1.165) is 12.8 Å². The first kappa shape index (κ1) is 16.3. The SMILES string of the molecule is CC(=O)N1CCC(CNS(=O)(=O)c2cccc(Cl)c2)CC1. The molecule has 0 unspecified atom stereocenters. The topological polar surface area (TPSA) is 66.5 Å². The summed E-state index contributed by atoms with van der Waals surface area (Å²) in [7, 11) is -3.53. The Balaban J connectivity index is 1.90. The van der Waals surface area contributed by atoms with Gasteiger partial charge in [-0.3, -0.25) is 4.79 Å². The number of hydrogen-bond acceptors (Lipinski definition) is 3. The third kappa shape index (κ3) is 4.43. The number of nitrogens with one attached hydrogen (secondary N) is 1. The Morgan fingerprint density at radius 1 is 1.38 bits per heavy atom. The highest BCUT2D eigenvalue weighted by Crippen LogP contribution is 2.19. The third-order valence-corrected chi connectivity index (χ3v) is 5.38. The molecule has 116 valence electrons. The lowest BCUT2D eigenvalue weighted by atomic mass is 9.97. The van der Waals surface area contributed by atoms with Crippen LogP contribution in [0.25, 0.3) is 0 Å². The van der Waals surface area contributed by atoms with E-state index in [1.54, 1.807) is 24.0 Å². The molecule has 1 aromatic rings. The van der Waals surface area contributed by atoms with Crippen molar-refractivity contribution in [2.45, 2.75) is 24.7 Å². The molecule has 2 rings (SSSR count). The second-order valence-corrected chi connectivity index (χ2v) is 7.46. The molecule has 1 heterocycles. The summed E-state index contributed by atoms with van der Waals surface area (Å²) in [6.45, 7) is 3.33. The summed E-state index contributed by atoms with van der Waals surface area (Å²) in [5.41, 5.74) is 0. The van der Waals surface area contributed by atoms with Crippen LogP contribution >= 0.6 is 11.6 Å². The highest BCUT2D eigenvalue weighted by molar-refractivity contribution is 7.89. The number of halogens is 1. The van der Waals surface area contributed by atoms with Crippen LogP contribution in [0.3, 0.4) is 0 Å². The molecule has 21 heavy (non-hydrogen) atoms. The van der Waals surface area contributed by atoms with Crippen molar-refractivity contribution in [2.24, 2.45) is 5.92 Å². The van der Waals surface area contributed by atoms with E-state index in [0.29, 0.717) is 24.7 Å². The van der Waals surface area contributed by atoms with Gasteiger partial charge in [-0.25, -0.2) is 13.1 Å². The van der Waals surface area contributed by atoms with E-state index in [-0.39, 0.29) is 16.7 Å². The number of sulfonamides is 1. The van der Waals surface area contributed by atoms with Crippen molar-refractivity contribution in [3.63, 3.8) is 0 Å². The average Bonchev–Trinajstić information content (AvgIpc) is 2.45. The molecule has 0 atom stereocenters. The van der Waals surface area contributed by atoms with Gasteiger partial charge >= 0.3 is 0 Å². The van der Waals surface area contributed by atoms with E-state index in [1.807, 2.05) is 0 Å². The fourth-order valence-corrected chi connectivity index (χ4v) is 3.81. The van der Waals surface area contributed by atoms with Crippen LogP contribution in [0.5, 0.6) is 0 Å². The number of hydrogen-bond donors (Lipinski definition) is 1. The molecule has 5 nitrogen and oxygen atoms in total. The van der Waals surface area contributed by atoms with Crippen molar-refractivity contribution in [1.82, 2.24) is 9.62 Å². The summed E-state index contributed by atoms with van der Waals surface area (Å²) in [4.78, 5) is 13.2. The van der Waals surface area contributed by atoms with Crippen LogP contribution in [-0.4, -0.2) is 38.9 Å². The fraction of sp³-hybridized carbons (Fsp3) is 0.500. The zero-order chi connectivity index (χ0) is 15.5. The van der Waals surface area contributed by atoms with Crippen molar-refractivity contribution < 1.29 is 13.2 Å². The van der Waals surface area contributed by atoms with E-state index in [4.69, 9.17) is 11.6 Å². The molecule has 1 aromatic carbocycles. The molecule has 0 saturated carbocycles. The number of likely N-dealkylation sites (tertiary alicyclic amines) is 1. The highest BCUT2D eigenvalue weighted by Gasteiger charge is 2.22. The lowest BCUT2D eigenvalue weighted by molar-refractivity contribution is -0.130. The number of carbonyl (C=O) groups is 1. The van der Waals surface area contributed by atoms with Crippen molar-refractivity contribution in [2.75, 3.05) is 19.6 Å². The Morgan fingerprint density at radius 3 is 2.62 bits per heavy atom. The van der Waals surface area contributed by atoms with Gasteiger partial charge in [-0.15, -0.1) is 0 Å². The minimum absolute atomic E-state index is 0.0768. The van der Waals surface area contributed by atoms with Crippen LogP contribution in [-0.2, 0) is 14.8 Å². The summed E-state index contributed by atoms with van der Waals surface area (Å²) in [6.07, 6.45) is 1.63. The largest absolute Gasteiger partial charge is 0.343 e. The maximum atomic E-state index is 12.2. The Bertz CT molecular complexity index is 610. The summed E-state index contributed by atoms with van der Waals surface area (Å²) in [5, 5.41) is 0.396. The molecule has 1 aliphatic heterocycles. The maximum absolute atomic E-state index is 12.2. The fourth-order valence-electron chi connectivity index (χ4n) is 2.40. The molecule has 1 amide bonds. The smallest absolute Gasteiger partial charge is 0.240 e. The average molecular weight is 331 g/mol. The standard InChI is InChI=1S/C14H19ClN2O3S/c1-11(18)17-7-5-12(6-8-17)10-16-21(19,20)14-4-2-3-13(15)9-14/h2-4,9,12,16H,5-8,10H2,1H3. The molecular formula is C14H19ClN2O3S. The number of amides is 1. The minimum Gasteiger partial charge on any atom is -0.343 e. The molecular weight excluding hydrogens is 312 g/mol. The first-order valence-corrected chi connectivity index (χ1v) is 8.75. The van der Waals surface area contributed by atoms with Crippen molar-refractivity contribution in [1.29, 1.82) is 0 Å². The van der Waals surface area contributed by atoms with Gasteiger partial charge in [-0.1, -0.05) is 17.7 Å². The molecule has 7 heteroatoms. The number of carbonyl (C=O) groups excluding carboxylic acids is 1. The van der Waals surface area contributed by atoms with E-state index in [9.17, 15) is 13.2 Å². The van der Waals surface area contributed by atoms with Crippen molar-refractivity contribution in [3.8, 4) is 0 Å². The molecule has 1 saturated heterocycles. The molecule has 1 aliphatic rings. The first-order valence-electron chi connectivity index (χ1n) is 6.89. The lowest BCUT2D eigenvalue weighted by Gasteiger charge is -2.31. The van der Waals surface area contributed by atoms with Crippen LogP contribution in [0, 0.1) is 5.92 Å².